The van der Waals surface area contributed by atoms with Crippen molar-refractivity contribution in [1.29, 1.82) is 0 Å². The van der Waals surface area contributed by atoms with Crippen molar-refractivity contribution in [3.05, 3.63) is 17.5 Å². The summed E-state index contributed by atoms with van der Waals surface area (Å²) in [6.07, 6.45) is 4.58. The van der Waals surface area contributed by atoms with Crippen LogP contribution in [0.5, 0.6) is 0 Å². The zero-order valence-electron chi connectivity index (χ0n) is 13.8. The summed E-state index contributed by atoms with van der Waals surface area (Å²) in [5.41, 5.74) is -0.298. The minimum atomic E-state index is -3.25. The number of nitrogens with zero attached hydrogens (tertiary/aromatic N) is 1. The highest BCUT2D eigenvalue weighted by Gasteiger charge is 2.58. The van der Waals surface area contributed by atoms with Crippen LogP contribution in [0.2, 0.25) is 0 Å². The molecule has 0 radical (unpaired) electrons. The molecule has 1 atom stereocenters. The topological polar surface area (TPSA) is 86.5 Å². The molecule has 2 aliphatic carbocycles. The SMILES string of the molecule is CC(C)(C)OC(=O)c1cc(CS(=O)(=O)CC2CC23CCC3)on1. The quantitative estimate of drug-likeness (QED) is 0.765. The van der Waals surface area contributed by atoms with Crippen LogP contribution in [-0.4, -0.2) is 30.9 Å². The van der Waals surface area contributed by atoms with E-state index in [0.29, 0.717) is 11.3 Å². The van der Waals surface area contributed by atoms with Crippen LogP contribution in [0.25, 0.3) is 0 Å². The van der Waals surface area contributed by atoms with Crippen molar-refractivity contribution in [2.45, 2.75) is 57.8 Å². The fraction of sp³-hybridized carbons (Fsp3) is 0.750. The predicted octanol–water partition coefficient (Wildman–Crippen LogP) is 2.73. The van der Waals surface area contributed by atoms with Crippen molar-refractivity contribution in [1.82, 2.24) is 5.16 Å². The van der Waals surface area contributed by atoms with Crippen molar-refractivity contribution in [2.24, 2.45) is 11.3 Å². The molecule has 2 saturated carbocycles. The molecule has 128 valence electrons. The maximum atomic E-state index is 12.3. The summed E-state index contributed by atoms with van der Waals surface area (Å²) in [4.78, 5) is 11.9. The number of carbonyl (C=O) groups excluding carboxylic acids is 1. The highest BCUT2D eigenvalue weighted by atomic mass is 32.2. The Bertz CT molecular complexity index is 709. The lowest BCUT2D eigenvalue weighted by Crippen LogP contribution is -2.24. The number of hydrogen-bond acceptors (Lipinski definition) is 6. The van der Waals surface area contributed by atoms with Gasteiger partial charge in [-0.05, 0) is 51.4 Å². The zero-order chi connectivity index (χ0) is 16.9. The maximum absolute atomic E-state index is 12.3. The second kappa shape index (κ2) is 5.33. The van der Waals surface area contributed by atoms with Gasteiger partial charge in [-0.3, -0.25) is 0 Å². The summed E-state index contributed by atoms with van der Waals surface area (Å²) in [6.45, 7) is 5.26. The van der Waals surface area contributed by atoms with Crippen molar-refractivity contribution < 1.29 is 22.5 Å². The highest BCUT2D eigenvalue weighted by Crippen LogP contribution is 2.65. The Hall–Kier alpha value is -1.37. The minimum absolute atomic E-state index is 0.00649. The number of hydrogen-bond donors (Lipinski definition) is 0. The van der Waals surface area contributed by atoms with E-state index >= 15 is 0 Å². The Morgan fingerprint density at radius 3 is 2.65 bits per heavy atom. The lowest BCUT2D eigenvalue weighted by atomic mass is 9.80. The Balaban J connectivity index is 1.59. The van der Waals surface area contributed by atoms with E-state index < -0.39 is 21.4 Å². The Labute approximate surface area is 136 Å². The normalized spacial score (nSPS) is 22.7. The summed E-state index contributed by atoms with van der Waals surface area (Å²) in [5, 5.41) is 3.62. The molecular formula is C16H23NO5S. The molecule has 2 aliphatic rings. The predicted molar refractivity (Wildman–Crippen MR) is 83.6 cm³/mol. The molecule has 1 unspecified atom stereocenters. The molecule has 1 heterocycles. The second-order valence-corrected chi connectivity index (χ2v) is 9.96. The van der Waals surface area contributed by atoms with Crippen LogP contribution in [-0.2, 0) is 20.3 Å². The number of esters is 1. The van der Waals surface area contributed by atoms with E-state index in [0.717, 1.165) is 19.3 Å². The van der Waals surface area contributed by atoms with Gasteiger partial charge in [0.1, 0.15) is 11.4 Å². The van der Waals surface area contributed by atoms with Crippen molar-refractivity contribution in [3.63, 3.8) is 0 Å². The molecular weight excluding hydrogens is 318 g/mol. The van der Waals surface area contributed by atoms with Crippen molar-refractivity contribution >= 4 is 15.8 Å². The molecule has 0 aromatic carbocycles. The zero-order valence-corrected chi connectivity index (χ0v) is 14.6. The summed E-state index contributed by atoms with van der Waals surface area (Å²) in [5.74, 6) is -0.130. The van der Waals surface area contributed by atoms with Crippen LogP contribution in [0.1, 0.15) is 62.7 Å². The van der Waals surface area contributed by atoms with E-state index in [1.165, 1.54) is 12.5 Å². The molecule has 0 amide bonds. The average Bonchev–Trinajstić information content (AvgIpc) is 2.86. The van der Waals surface area contributed by atoms with Gasteiger partial charge >= 0.3 is 5.97 Å². The van der Waals surface area contributed by atoms with E-state index in [1.807, 2.05) is 0 Å². The number of rotatable bonds is 5. The molecule has 1 aromatic rings. The number of carbonyl (C=O) groups is 1. The highest BCUT2D eigenvalue weighted by molar-refractivity contribution is 7.90. The van der Waals surface area contributed by atoms with Crippen LogP contribution < -0.4 is 0 Å². The second-order valence-electron chi connectivity index (χ2n) is 7.85. The van der Waals surface area contributed by atoms with Crippen LogP contribution in [0.15, 0.2) is 10.6 Å². The number of aromatic nitrogens is 1. The van der Waals surface area contributed by atoms with Gasteiger partial charge in [0.2, 0.25) is 0 Å². The first-order chi connectivity index (χ1) is 10.6. The van der Waals surface area contributed by atoms with Gasteiger partial charge < -0.3 is 9.26 Å². The van der Waals surface area contributed by atoms with Gasteiger partial charge in [-0.25, -0.2) is 13.2 Å². The molecule has 2 fully saturated rings. The van der Waals surface area contributed by atoms with Gasteiger partial charge in [0.25, 0.3) is 0 Å². The fourth-order valence-electron chi connectivity index (χ4n) is 3.30. The maximum Gasteiger partial charge on any atom is 0.361 e. The van der Waals surface area contributed by atoms with Crippen molar-refractivity contribution in [3.8, 4) is 0 Å². The van der Waals surface area contributed by atoms with Gasteiger partial charge in [0.05, 0.1) is 5.75 Å². The van der Waals surface area contributed by atoms with Gasteiger partial charge in [-0.15, -0.1) is 0 Å². The first-order valence-electron chi connectivity index (χ1n) is 7.98. The lowest BCUT2D eigenvalue weighted by Gasteiger charge is -2.26. The minimum Gasteiger partial charge on any atom is -0.455 e. The molecule has 6 nitrogen and oxygen atoms in total. The monoisotopic (exact) mass is 341 g/mol. The Morgan fingerprint density at radius 2 is 2.13 bits per heavy atom. The molecule has 1 aromatic heterocycles. The molecule has 23 heavy (non-hydrogen) atoms. The first-order valence-corrected chi connectivity index (χ1v) is 9.80. The molecule has 1 spiro atoms. The average molecular weight is 341 g/mol. The first kappa shape index (κ1) is 16.5. The third-order valence-electron chi connectivity index (χ3n) is 4.69. The molecule has 0 bridgehead atoms. The van der Waals surface area contributed by atoms with E-state index in [4.69, 9.17) is 9.26 Å². The Kier molecular flexibility index (Phi) is 3.82. The van der Waals surface area contributed by atoms with Crippen LogP contribution in [0.3, 0.4) is 0 Å². The summed E-state index contributed by atoms with van der Waals surface area (Å²) in [6, 6.07) is 1.36. The van der Waals surface area contributed by atoms with E-state index in [9.17, 15) is 13.2 Å². The summed E-state index contributed by atoms with van der Waals surface area (Å²) < 4.78 is 34.7. The van der Waals surface area contributed by atoms with Gasteiger partial charge in [0.15, 0.2) is 21.3 Å². The van der Waals surface area contributed by atoms with Gasteiger partial charge in [-0.2, -0.15) is 0 Å². The largest absolute Gasteiger partial charge is 0.455 e. The van der Waals surface area contributed by atoms with Crippen molar-refractivity contribution in [2.75, 3.05) is 5.75 Å². The lowest BCUT2D eigenvalue weighted by molar-refractivity contribution is 0.00588. The summed E-state index contributed by atoms with van der Waals surface area (Å²) >= 11 is 0. The third kappa shape index (κ3) is 3.76. The van der Waals surface area contributed by atoms with E-state index in [2.05, 4.69) is 5.16 Å². The Morgan fingerprint density at radius 1 is 1.43 bits per heavy atom. The molecule has 3 rings (SSSR count). The van der Waals surface area contributed by atoms with Crippen LogP contribution >= 0.6 is 0 Å². The van der Waals surface area contributed by atoms with Crippen LogP contribution in [0.4, 0.5) is 0 Å². The van der Waals surface area contributed by atoms with Crippen LogP contribution in [0, 0.1) is 11.3 Å². The van der Waals surface area contributed by atoms with Gasteiger partial charge in [-0.1, -0.05) is 11.6 Å². The van der Waals surface area contributed by atoms with E-state index in [-0.39, 0.29) is 23.0 Å². The summed E-state index contributed by atoms with van der Waals surface area (Å²) in [7, 11) is -3.25. The van der Waals surface area contributed by atoms with E-state index in [1.54, 1.807) is 20.8 Å². The standard InChI is InChI=1S/C16H23NO5S/c1-15(2,3)21-14(18)13-7-12(22-17-13)10-23(19,20)9-11-8-16(11)5-4-6-16/h7,11H,4-6,8-10H2,1-3H3. The molecule has 0 N–H and O–H groups in total. The number of ether oxygens (including phenoxy) is 1. The molecule has 0 aliphatic heterocycles. The molecule has 7 heteroatoms. The number of sulfone groups is 1. The van der Waals surface area contributed by atoms with Gasteiger partial charge in [0, 0.05) is 6.07 Å². The fourth-order valence-corrected chi connectivity index (χ4v) is 5.07. The molecule has 0 saturated heterocycles. The third-order valence-corrected chi connectivity index (χ3v) is 6.33. The smallest absolute Gasteiger partial charge is 0.361 e.